The lowest BCUT2D eigenvalue weighted by atomic mass is 9.89. The van der Waals surface area contributed by atoms with E-state index in [-0.39, 0.29) is 12.0 Å². The van der Waals surface area contributed by atoms with Crippen molar-refractivity contribution in [2.75, 3.05) is 6.61 Å². The highest BCUT2D eigenvalue weighted by Gasteiger charge is 2.41. The van der Waals surface area contributed by atoms with Crippen LogP contribution in [0.5, 0.6) is 0 Å². The van der Waals surface area contributed by atoms with E-state index in [1.165, 1.54) is 0 Å². The lowest BCUT2D eigenvalue weighted by Crippen LogP contribution is -2.58. The van der Waals surface area contributed by atoms with E-state index in [2.05, 4.69) is 16.9 Å². The average Bonchev–Trinajstić information content (AvgIpc) is 2.91. The fourth-order valence-corrected chi connectivity index (χ4v) is 2.14. The summed E-state index contributed by atoms with van der Waals surface area (Å²) in [6, 6.07) is -0.373. The van der Waals surface area contributed by atoms with E-state index in [9.17, 15) is 5.11 Å². The fraction of sp³-hybridized carbons (Fsp3) is 0.667. The van der Waals surface area contributed by atoms with Crippen molar-refractivity contribution in [3.8, 4) is 0 Å². The fourth-order valence-electron chi connectivity index (χ4n) is 2.14. The molecule has 0 saturated carbocycles. The van der Waals surface area contributed by atoms with Gasteiger partial charge in [-0.1, -0.05) is 18.2 Å². The number of aliphatic hydroxyl groups excluding tert-OH is 1. The first kappa shape index (κ1) is 14.1. The molecular formula is C12H20N4O3. The maximum atomic E-state index is 10.2. The lowest BCUT2D eigenvalue weighted by Gasteiger charge is -2.41. The molecule has 0 bridgehead atoms. The predicted molar refractivity (Wildman–Crippen MR) is 68.0 cm³/mol. The Morgan fingerprint density at radius 3 is 3.05 bits per heavy atom. The summed E-state index contributed by atoms with van der Waals surface area (Å²) in [6.07, 6.45) is 3.29. The van der Waals surface area contributed by atoms with Crippen LogP contribution in [-0.2, 0) is 16.0 Å². The van der Waals surface area contributed by atoms with Crippen molar-refractivity contribution in [2.45, 2.75) is 38.0 Å². The van der Waals surface area contributed by atoms with Crippen LogP contribution in [0, 0.1) is 5.92 Å². The van der Waals surface area contributed by atoms with Crippen molar-refractivity contribution in [1.29, 1.82) is 0 Å². The SMILES string of the molecule is C=CCO[C@H]1O[C@H](Cn2ccnn2)[C@H](O)[C@H](C)[C@H]1N. The van der Waals surface area contributed by atoms with Crippen LogP contribution in [0.2, 0.25) is 0 Å². The topological polar surface area (TPSA) is 95.4 Å². The maximum absolute atomic E-state index is 10.2. The standard InChI is InChI=1S/C12H20N4O3/c1-3-6-18-12-10(13)8(2)11(17)9(19-12)7-16-5-4-14-15-16/h3-5,8-12,17H,1,6-7,13H2,2H3/t8-,9-,10-,11-,12+/m1/s1. The zero-order chi connectivity index (χ0) is 13.8. The Kier molecular flexibility index (Phi) is 4.65. The Morgan fingerprint density at radius 2 is 2.42 bits per heavy atom. The third-order valence-corrected chi connectivity index (χ3v) is 3.37. The smallest absolute Gasteiger partial charge is 0.173 e. The van der Waals surface area contributed by atoms with E-state index in [0.717, 1.165) is 0 Å². The molecule has 1 aromatic heterocycles. The quantitative estimate of drug-likeness (QED) is 0.701. The van der Waals surface area contributed by atoms with Crippen molar-refractivity contribution in [1.82, 2.24) is 15.0 Å². The van der Waals surface area contributed by atoms with Gasteiger partial charge in [0.1, 0.15) is 6.10 Å². The minimum absolute atomic E-state index is 0.128. The first-order chi connectivity index (χ1) is 9.13. The van der Waals surface area contributed by atoms with Gasteiger partial charge in [0.2, 0.25) is 0 Å². The van der Waals surface area contributed by atoms with Gasteiger partial charge >= 0.3 is 0 Å². The third kappa shape index (κ3) is 3.19. The molecule has 0 aliphatic carbocycles. The van der Waals surface area contributed by atoms with Crippen LogP contribution in [0.25, 0.3) is 0 Å². The predicted octanol–water partition coefficient (Wildman–Crippen LogP) is -0.470. The molecule has 1 saturated heterocycles. The summed E-state index contributed by atoms with van der Waals surface area (Å²) < 4.78 is 12.8. The van der Waals surface area contributed by atoms with Gasteiger partial charge in [0.25, 0.3) is 0 Å². The molecular weight excluding hydrogens is 248 g/mol. The van der Waals surface area contributed by atoms with Gasteiger partial charge in [-0.25, -0.2) is 4.68 Å². The molecule has 3 N–H and O–H groups in total. The molecule has 7 heteroatoms. The molecule has 0 aromatic carbocycles. The lowest BCUT2D eigenvalue weighted by molar-refractivity contribution is -0.245. The van der Waals surface area contributed by atoms with Gasteiger partial charge in [0, 0.05) is 12.1 Å². The average molecular weight is 268 g/mol. The number of aliphatic hydroxyl groups is 1. The van der Waals surface area contributed by atoms with E-state index in [0.29, 0.717) is 13.2 Å². The highest BCUT2D eigenvalue weighted by molar-refractivity contribution is 4.89. The number of rotatable bonds is 5. The molecule has 19 heavy (non-hydrogen) atoms. The minimum Gasteiger partial charge on any atom is -0.390 e. The van der Waals surface area contributed by atoms with Crippen LogP contribution in [0.3, 0.4) is 0 Å². The van der Waals surface area contributed by atoms with Crippen LogP contribution in [0.15, 0.2) is 25.0 Å². The Balaban J connectivity index is 2.03. The van der Waals surface area contributed by atoms with Crippen molar-refractivity contribution in [3.63, 3.8) is 0 Å². The molecule has 2 rings (SSSR count). The zero-order valence-electron chi connectivity index (χ0n) is 10.9. The summed E-state index contributed by atoms with van der Waals surface area (Å²) in [4.78, 5) is 0. The van der Waals surface area contributed by atoms with Crippen molar-refractivity contribution in [2.24, 2.45) is 11.7 Å². The van der Waals surface area contributed by atoms with Crippen LogP contribution in [0.4, 0.5) is 0 Å². The Morgan fingerprint density at radius 1 is 1.63 bits per heavy atom. The molecule has 5 atom stereocenters. The molecule has 0 amide bonds. The summed E-state index contributed by atoms with van der Waals surface area (Å²) >= 11 is 0. The largest absolute Gasteiger partial charge is 0.390 e. The molecule has 0 unspecified atom stereocenters. The van der Waals surface area contributed by atoms with Crippen LogP contribution >= 0.6 is 0 Å². The van der Waals surface area contributed by atoms with Crippen LogP contribution in [-0.4, -0.2) is 51.2 Å². The van der Waals surface area contributed by atoms with E-state index in [4.69, 9.17) is 15.2 Å². The second-order valence-corrected chi connectivity index (χ2v) is 4.72. The van der Waals surface area contributed by atoms with Crippen LogP contribution in [0.1, 0.15) is 6.92 Å². The second kappa shape index (κ2) is 6.25. The summed E-state index contributed by atoms with van der Waals surface area (Å²) in [7, 11) is 0. The van der Waals surface area contributed by atoms with Gasteiger partial charge in [-0.2, -0.15) is 0 Å². The summed E-state index contributed by atoms with van der Waals surface area (Å²) in [6.45, 7) is 6.24. The van der Waals surface area contributed by atoms with E-state index in [1.54, 1.807) is 23.2 Å². The monoisotopic (exact) mass is 268 g/mol. The molecule has 0 spiro atoms. The number of hydrogen-bond acceptors (Lipinski definition) is 6. The molecule has 1 aliphatic rings. The minimum atomic E-state index is -0.664. The molecule has 1 fully saturated rings. The van der Waals surface area contributed by atoms with Gasteiger partial charge in [0.15, 0.2) is 6.29 Å². The zero-order valence-corrected chi connectivity index (χ0v) is 10.9. The summed E-state index contributed by atoms with van der Waals surface area (Å²) in [5.74, 6) is -0.128. The molecule has 1 aliphatic heterocycles. The molecule has 106 valence electrons. The second-order valence-electron chi connectivity index (χ2n) is 4.72. The van der Waals surface area contributed by atoms with Gasteiger partial charge in [-0.05, 0) is 0 Å². The molecule has 1 aromatic rings. The number of ether oxygens (including phenoxy) is 2. The first-order valence-electron chi connectivity index (χ1n) is 6.29. The van der Waals surface area contributed by atoms with Crippen molar-refractivity contribution >= 4 is 0 Å². The van der Waals surface area contributed by atoms with E-state index < -0.39 is 18.5 Å². The van der Waals surface area contributed by atoms with Gasteiger partial charge in [-0.15, -0.1) is 11.7 Å². The maximum Gasteiger partial charge on any atom is 0.173 e. The normalized spacial score (nSPS) is 35.2. The highest BCUT2D eigenvalue weighted by Crippen LogP contribution is 2.26. The number of nitrogens with two attached hydrogens (primary N) is 1. The van der Waals surface area contributed by atoms with Crippen molar-refractivity contribution in [3.05, 3.63) is 25.0 Å². The molecule has 2 heterocycles. The first-order valence-corrected chi connectivity index (χ1v) is 6.29. The molecule has 0 radical (unpaired) electrons. The van der Waals surface area contributed by atoms with Gasteiger partial charge in [-0.3, -0.25) is 0 Å². The number of aromatic nitrogens is 3. The summed E-state index contributed by atoms with van der Waals surface area (Å²) in [5, 5.41) is 17.8. The van der Waals surface area contributed by atoms with E-state index in [1.807, 2.05) is 6.92 Å². The van der Waals surface area contributed by atoms with E-state index >= 15 is 0 Å². The number of nitrogens with zero attached hydrogens (tertiary/aromatic N) is 3. The number of hydrogen-bond donors (Lipinski definition) is 2. The summed E-state index contributed by atoms with van der Waals surface area (Å²) in [5.41, 5.74) is 6.01. The van der Waals surface area contributed by atoms with Crippen LogP contribution < -0.4 is 5.73 Å². The molecule has 7 nitrogen and oxygen atoms in total. The van der Waals surface area contributed by atoms with Gasteiger partial charge < -0.3 is 20.3 Å². The third-order valence-electron chi connectivity index (χ3n) is 3.37. The van der Waals surface area contributed by atoms with Gasteiger partial charge in [0.05, 0.1) is 31.5 Å². The Labute approximate surface area is 112 Å². The Hall–Kier alpha value is -1.28. The van der Waals surface area contributed by atoms with Crippen molar-refractivity contribution < 1.29 is 14.6 Å². The highest BCUT2D eigenvalue weighted by atomic mass is 16.7. The Bertz CT molecular complexity index is 398.